The average Bonchev–Trinajstić information content (AvgIpc) is 1.67. The molecule has 0 aromatic carbocycles. The maximum Gasteiger partial charge on any atom is 0.0210 e. The zero-order valence-electron chi connectivity index (χ0n) is 4.28. The molecule has 0 saturated carbocycles. The van der Waals surface area contributed by atoms with Crippen LogP contribution < -0.4 is 10.6 Å². The van der Waals surface area contributed by atoms with Gasteiger partial charge in [-0.2, -0.15) is 0 Å². The molecule has 1 unspecified atom stereocenters. The molecule has 0 radical (unpaired) electrons. The fraction of sp³-hybridized carbons (Fsp3) is 1.00. The lowest BCUT2D eigenvalue weighted by Gasteiger charge is -2.42. The highest BCUT2D eigenvalue weighted by atomic mass is 15.1. The molecular formula is C5H10N2. The molecule has 3 aliphatic rings. The summed E-state index contributed by atoms with van der Waals surface area (Å²) in [6.07, 6.45) is 1.41. The number of rotatable bonds is 0. The summed E-state index contributed by atoms with van der Waals surface area (Å²) in [5, 5.41) is 6.74. The first-order valence-electron chi connectivity index (χ1n) is 2.92. The highest BCUT2D eigenvalue weighted by Crippen LogP contribution is 2.13. The molecule has 3 aliphatic heterocycles. The van der Waals surface area contributed by atoms with Gasteiger partial charge in [-0.25, -0.2) is 0 Å². The summed E-state index contributed by atoms with van der Waals surface area (Å²) in [5.41, 5.74) is 0. The summed E-state index contributed by atoms with van der Waals surface area (Å²) >= 11 is 0. The second-order valence-corrected chi connectivity index (χ2v) is 2.45. The maximum atomic E-state index is 3.42. The van der Waals surface area contributed by atoms with Crippen molar-refractivity contribution in [3.8, 4) is 0 Å². The first-order valence-corrected chi connectivity index (χ1v) is 2.92. The lowest BCUT2D eigenvalue weighted by molar-refractivity contribution is 0.201. The van der Waals surface area contributed by atoms with E-state index in [-0.39, 0.29) is 0 Å². The predicted octanol–water partition coefficient (Wildman–Crippen LogP) is -0.680. The van der Waals surface area contributed by atoms with E-state index in [1.807, 2.05) is 0 Å². The zero-order chi connectivity index (χ0) is 4.69. The molecule has 2 N–H and O–H groups in total. The SMILES string of the molecule is C1NC[C@@H]2CC1N2. The van der Waals surface area contributed by atoms with Crippen LogP contribution in [0.15, 0.2) is 0 Å². The number of piperidine rings is 1. The van der Waals surface area contributed by atoms with Gasteiger partial charge in [0, 0.05) is 25.2 Å². The normalized spacial score (nSPS) is 48.0. The van der Waals surface area contributed by atoms with Crippen LogP contribution in [0.3, 0.4) is 0 Å². The van der Waals surface area contributed by atoms with Crippen molar-refractivity contribution < 1.29 is 0 Å². The minimum Gasteiger partial charge on any atom is -0.314 e. The maximum absolute atomic E-state index is 3.42. The van der Waals surface area contributed by atoms with Crippen LogP contribution >= 0.6 is 0 Å². The van der Waals surface area contributed by atoms with Crippen molar-refractivity contribution >= 4 is 0 Å². The van der Waals surface area contributed by atoms with Gasteiger partial charge in [-0.3, -0.25) is 0 Å². The van der Waals surface area contributed by atoms with Crippen LogP contribution in [0, 0.1) is 0 Å². The number of fused-ring (bicyclic) bond motifs is 2. The Kier molecular flexibility index (Phi) is 0.664. The van der Waals surface area contributed by atoms with Gasteiger partial charge in [0.25, 0.3) is 0 Å². The Labute approximate surface area is 43.3 Å². The van der Waals surface area contributed by atoms with Gasteiger partial charge >= 0.3 is 0 Å². The molecule has 0 aliphatic carbocycles. The molecule has 2 heteroatoms. The topological polar surface area (TPSA) is 24.1 Å². The van der Waals surface area contributed by atoms with E-state index in [2.05, 4.69) is 10.6 Å². The number of hydrogen-bond acceptors (Lipinski definition) is 2. The second-order valence-electron chi connectivity index (χ2n) is 2.45. The van der Waals surface area contributed by atoms with Gasteiger partial charge in [0.2, 0.25) is 0 Å². The van der Waals surface area contributed by atoms with Crippen molar-refractivity contribution in [2.24, 2.45) is 0 Å². The second kappa shape index (κ2) is 1.20. The van der Waals surface area contributed by atoms with Crippen molar-refractivity contribution in [3.05, 3.63) is 0 Å². The van der Waals surface area contributed by atoms with Crippen LogP contribution in [0.5, 0.6) is 0 Å². The molecule has 0 aromatic rings. The fourth-order valence-electron chi connectivity index (χ4n) is 1.37. The van der Waals surface area contributed by atoms with Crippen LogP contribution in [-0.2, 0) is 0 Å². The van der Waals surface area contributed by atoms with Gasteiger partial charge in [0.15, 0.2) is 0 Å². The first kappa shape index (κ1) is 3.87. The third-order valence-electron chi connectivity index (χ3n) is 1.82. The number of piperazine rings is 1. The van der Waals surface area contributed by atoms with Crippen molar-refractivity contribution in [3.63, 3.8) is 0 Å². The van der Waals surface area contributed by atoms with Crippen molar-refractivity contribution in [2.45, 2.75) is 18.5 Å². The molecule has 0 amide bonds. The number of nitrogens with one attached hydrogen (secondary N) is 2. The molecule has 2 bridgehead atoms. The minimum absolute atomic E-state index is 0.818. The van der Waals surface area contributed by atoms with E-state index >= 15 is 0 Å². The molecule has 3 fully saturated rings. The molecule has 40 valence electrons. The van der Waals surface area contributed by atoms with E-state index in [0.29, 0.717) is 0 Å². The average molecular weight is 98.1 g/mol. The molecule has 3 saturated heterocycles. The summed E-state index contributed by atoms with van der Waals surface area (Å²) < 4.78 is 0. The van der Waals surface area contributed by atoms with E-state index in [1.165, 1.54) is 19.5 Å². The van der Waals surface area contributed by atoms with Crippen molar-refractivity contribution in [1.29, 1.82) is 0 Å². The Morgan fingerprint density at radius 1 is 1.14 bits per heavy atom. The van der Waals surface area contributed by atoms with Gasteiger partial charge in [-0.1, -0.05) is 0 Å². The quantitative estimate of drug-likeness (QED) is 0.419. The van der Waals surface area contributed by atoms with Crippen LogP contribution in [0.1, 0.15) is 6.42 Å². The van der Waals surface area contributed by atoms with Gasteiger partial charge in [-0.15, -0.1) is 0 Å². The van der Waals surface area contributed by atoms with Crippen LogP contribution in [0.25, 0.3) is 0 Å². The Balaban J connectivity index is 1.99. The first-order chi connectivity index (χ1) is 3.45. The monoisotopic (exact) mass is 98.1 g/mol. The summed E-state index contributed by atoms with van der Waals surface area (Å²) in [6.45, 7) is 2.38. The van der Waals surface area contributed by atoms with E-state index < -0.39 is 0 Å². The van der Waals surface area contributed by atoms with Crippen LogP contribution in [0.2, 0.25) is 0 Å². The largest absolute Gasteiger partial charge is 0.314 e. The third-order valence-corrected chi connectivity index (χ3v) is 1.82. The standard InChI is InChI=1S/C5H10N2/c1-4-2-6-3-5(1)7-4/h4-7H,1-3H2/t4-,5?/m0/s1. The van der Waals surface area contributed by atoms with E-state index in [0.717, 1.165) is 12.1 Å². The summed E-state index contributed by atoms with van der Waals surface area (Å²) in [7, 11) is 0. The van der Waals surface area contributed by atoms with Crippen LogP contribution in [0.4, 0.5) is 0 Å². The summed E-state index contributed by atoms with van der Waals surface area (Å²) in [5.74, 6) is 0. The third kappa shape index (κ3) is 0.469. The van der Waals surface area contributed by atoms with Crippen LogP contribution in [-0.4, -0.2) is 25.2 Å². The lowest BCUT2D eigenvalue weighted by atomic mass is 9.93. The predicted molar refractivity (Wildman–Crippen MR) is 28.2 cm³/mol. The molecule has 0 aromatic heterocycles. The molecule has 7 heavy (non-hydrogen) atoms. The highest BCUT2D eigenvalue weighted by molar-refractivity contribution is 4.95. The Bertz CT molecular complexity index is 62.6. The Hall–Kier alpha value is -0.0800. The fourth-order valence-corrected chi connectivity index (χ4v) is 1.37. The minimum atomic E-state index is 0.818. The zero-order valence-corrected chi connectivity index (χ0v) is 4.28. The van der Waals surface area contributed by atoms with Gasteiger partial charge in [-0.05, 0) is 6.42 Å². The summed E-state index contributed by atoms with van der Waals surface area (Å²) in [6, 6.07) is 1.64. The molecule has 2 nitrogen and oxygen atoms in total. The molecule has 3 heterocycles. The van der Waals surface area contributed by atoms with E-state index in [9.17, 15) is 0 Å². The smallest absolute Gasteiger partial charge is 0.0210 e. The molecule has 0 spiro atoms. The van der Waals surface area contributed by atoms with E-state index in [1.54, 1.807) is 0 Å². The number of hydrogen-bond donors (Lipinski definition) is 2. The molecule has 3 rings (SSSR count). The lowest BCUT2D eigenvalue weighted by Crippen LogP contribution is -2.65. The molecular weight excluding hydrogens is 88.1 g/mol. The van der Waals surface area contributed by atoms with Crippen molar-refractivity contribution in [1.82, 2.24) is 10.6 Å². The van der Waals surface area contributed by atoms with Gasteiger partial charge in [0.1, 0.15) is 0 Å². The Morgan fingerprint density at radius 3 is 1.86 bits per heavy atom. The van der Waals surface area contributed by atoms with Crippen molar-refractivity contribution in [2.75, 3.05) is 13.1 Å². The molecule has 2 atom stereocenters. The van der Waals surface area contributed by atoms with Gasteiger partial charge in [0.05, 0.1) is 0 Å². The highest BCUT2D eigenvalue weighted by Gasteiger charge is 2.31. The Morgan fingerprint density at radius 2 is 1.71 bits per heavy atom. The summed E-state index contributed by atoms with van der Waals surface area (Å²) in [4.78, 5) is 0. The van der Waals surface area contributed by atoms with Gasteiger partial charge < -0.3 is 10.6 Å². The van der Waals surface area contributed by atoms with E-state index in [4.69, 9.17) is 0 Å².